The van der Waals surface area contributed by atoms with Crippen LogP contribution in [0.3, 0.4) is 0 Å². The van der Waals surface area contributed by atoms with Gasteiger partial charge < -0.3 is 10.5 Å². The highest BCUT2D eigenvalue weighted by Crippen LogP contribution is 2.21. The Hall–Kier alpha value is -1.17. The zero-order chi connectivity index (χ0) is 13.0. The van der Waals surface area contributed by atoms with E-state index in [1.807, 2.05) is 19.1 Å². The Labute approximate surface area is 115 Å². The standard InChI is InChI=1S/C12H14ClN3OS/c1-2-10(14)12-16-15-11(18-12)7-17-9-5-3-4-8(13)6-9/h3-6,10H,2,7,14H2,1H3. The molecule has 6 heteroatoms. The normalized spacial score (nSPS) is 12.4. The molecular weight excluding hydrogens is 270 g/mol. The number of rotatable bonds is 5. The van der Waals surface area contributed by atoms with E-state index in [2.05, 4.69) is 10.2 Å². The highest BCUT2D eigenvalue weighted by atomic mass is 35.5. The minimum atomic E-state index is -0.0394. The van der Waals surface area contributed by atoms with Crippen LogP contribution in [0.5, 0.6) is 5.75 Å². The van der Waals surface area contributed by atoms with Crippen molar-refractivity contribution in [2.45, 2.75) is 26.0 Å². The fourth-order valence-electron chi connectivity index (χ4n) is 1.35. The molecule has 1 atom stereocenters. The first-order chi connectivity index (χ1) is 8.69. The van der Waals surface area contributed by atoms with Gasteiger partial charge in [0.05, 0.1) is 6.04 Å². The van der Waals surface area contributed by atoms with Crippen LogP contribution in [-0.4, -0.2) is 10.2 Å². The van der Waals surface area contributed by atoms with Crippen LogP contribution in [0.15, 0.2) is 24.3 Å². The Morgan fingerprint density at radius 2 is 2.28 bits per heavy atom. The minimum absolute atomic E-state index is 0.0394. The summed E-state index contributed by atoms with van der Waals surface area (Å²) in [6.45, 7) is 2.41. The number of ether oxygens (including phenoxy) is 1. The number of hydrogen-bond donors (Lipinski definition) is 1. The first-order valence-corrected chi connectivity index (χ1v) is 6.84. The Morgan fingerprint density at radius 3 is 3.00 bits per heavy atom. The molecule has 2 rings (SSSR count). The van der Waals surface area contributed by atoms with Crippen molar-refractivity contribution in [3.05, 3.63) is 39.3 Å². The summed E-state index contributed by atoms with van der Waals surface area (Å²) in [5.74, 6) is 0.721. The third-order valence-corrected chi connectivity index (χ3v) is 3.66. The van der Waals surface area contributed by atoms with Crippen molar-refractivity contribution in [2.24, 2.45) is 5.73 Å². The molecule has 0 aliphatic heterocycles. The average Bonchev–Trinajstić information content (AvgIpc) is 2.84. The van der Waals surface area contributed by atoms with Crippen LogP contribution >= 0.6 is 22.9 Å². The molecule has 0 bridgehead atoms. The van der Waals surface area contributed by atoms with Crippen LogP contribution in [0, 0.1) is 0 Å². The highest BCUT2D eigenvalue weighted by Gasteiger charge is 2.10. The van der Waals surface area contributed by atoms with Gasteiger partial charge >= 0.3 is 0 Å². The van der Waals surface area contributed by atoms with Gasteiger partial charge in [0.15, 0.2) is 5.01 Å². The maximum atomic E-state index is 5.88. The maximum Gasteiger partial charge on any atom is 0.155 e. The molecule has 0 aliphatic carbocycles. The molecule has 0 radical (unpaired) electrons. The second kappa shape index (κ2) is 6.13. The van der Waals surface area contributed by atoms with Gasteiger partial charge in [-0.05, 0) is 24.6 Å². The van der Waals surface area contributed by atoms with Crippen LogP contribution in [0.2, 0.25) is 5.02 Å². The van der Waals surface area contributed by atoms with E-state index in [4.69, 9.17) is 22.1 Å². The van der Waals surface area contributed by atoms with Crippen LogP contribution in [0.1, 0.15) is 29.4 Å². The van der Waals surface area contributed by atoms with E-state index in [1.165, 1.54) is 11.3 Å². The van der Waals surface area contributed by atoms with Gasteiger partial charge in [-0.3, -0.25) is 0 Å². The van der Waals surface area contributed by atoms with E-state index in [-0.39, 0.29) is 6.04 Å². The van der Waals surface area contributed by atoms with Gasteiger partial charge in [0.2, 0.25) is 0 Å². The molecular formula is C12H14ClN3OS. The zero-order valence-electron chi connectivity index (χ0n) is 9.97. The molecule has 1 heterocycles. The number of benzene rings is 1. The fourth-order valence-corrected chi connectivity index (χ4v) is 2.37. The predicted molar refractivity (Wildman–Crippen MR) is 72.9 cm³/mol. The fraction of sp³-hybridized carbons (Fsp3) is 0.333. The lowest BCUT2D eigenvalue weighted by Gasteiger charge is -2.03. The molecule has 96 valence electrons. The number of halogens is 1. The predicted octanol–water partition coefficient (Wildman–Crippen LogP) is 3.18. The minimum Gasteiger partial charge on any atom is -0.486 e. The molecule has 0 saturated heterocycles. The van der Waals surface area contributed by atoms with Crippen LogP contribution in [0.4, 0.5) is 0 Å². The van der Waals surface area contributed by atoms with Crippen molar-refractivity contribution in [1.29, 1.82) is 0 Å². The number of hydrogen-bond acceptors (Lipinski definition) is 5. The molecule has 1 unspecified atom stereocenters. The smallest absolute Gasteiger partial charge is 0.155 e. The average molecular weight is 284 g/mol. The molecule has 0 fully saturated rings. The lowest BCUT2D eigenvalue weighted by atomic mass is 10.3. The van der Waals surface area contributed by atoms with Crippen LogP contribution in [-0.2, 0) is 6.61 Å². The molecule has 4 nitrogen and oxygen atoms in total. The molecule has 1 aromatic heterocycles. The highest BCUT2D eigenvalue weighted by molar-refractivity contribution is 7.11. The first-order valence-electron chi connectivity index (χ1n) is 5.65. The summed E-state index contributed by atoms with van der Waals surface area (Å²) in [5.41, 5.74) is 5.88. The van der Waals surface area contributed by atoms with E-state index >= 15 is 0 Å². The molecule has 0 saturated carbocycles. The molecule has 2 N–H and O–H groups in total. The van der Waals surface area contributed by atoms with E-state index in [9.17, 15) is 0 Å². The SMILES string of the molecule is CCC(N)c1nnc(COc2cccc(Cl)c2)s1. The lowest BCUT2D eigenvalue weighted by molar-refractivity contribution is 0.304. The van der Waals surface area contributed by atoms with E-state index in [1.54, 1.807) is 12.1 Å². The van der Waals surface area contributed by atoms with Crippen molar-refractivity contribution in [3.63, 3.8) is 0 Å². The molecule has 18 heavy (non-hydrogen) atoms. The van der Waals surface area contributed by atoms with Gasteiger partial charge in [-0.2, -0.15) is 0 Å². The summed E-state index contributed by atoms with van der Waals surface area (Å²) >= 11 is 7.35. The quantitative estimate of drug-likeness (QED) is 0.915. The lowest BCUT2D eigenvalue weighted by Crippen LogP contribution is -2.07. The first kappa shape index (κ1) is 13.3. The van der Waals surface area contributed by atoms with E-state index in [0.717, 1.165) is 22.2 Å². The van der Waals surface area contributed by atoms with Crippen LogP contribution in [0.25, 0.3) is 0 Å². The topological polar surface area (TPSA) is 61.0 Å². The van der Waals surface area contributed by atoms with Crippen molar-refractivity contribution in [1.82, 2.24) is 10.2 Å². The largest absolute Gasteiger partial charge is 0.486 e. The molecule has 2 aromatic rings. The number of nitrogens with two attached hydrogens (primary N) is 1. The van der Waals surface area contributed by atoms with Gasteiger partial charge in [0.1, 0.15) is 17.4 Å². The maximum absolute atomic E-state index is 5.88. The van der Waals surface area contributed by atoms with Gasteiger partial charge in [-0.25, -0.2) is 0 Å². The second-order valence-corrected chi connectivity index (χ2v) is 5.32. The monoisotopic (exact) mass is 283 g/mol. The van der Waals surface area contributed by atoms with Crippen molar-refractivity contribution < 1.29 is 4.74 Å². The summed E-state index contributed by atoms with van der Waals surface area (Å²) in [4.78, 5) is 0. The summed E-state index contributed by atoms with van der Waals surface area (Å²) < 4.78 is 5.58. The Kier molecular flexibility index (Phi) is 4.52. The van der Waals surface area contributed by atoms with Crippen LogP contribution < -0.4 is 10.5 Å². The third-order valence-electron chi connectivity index (χ3n) is 2.40. The van der Waals surface area contributed by atoms with Crippen molar-refractivity contribution in [3.8, 4) is 5.75 Å². The van der Waals surface area contributed by atoms with Gasteiger partial charge in [-0.1, -0.05) is 35.9 Å². The molecule has 1 aromatic carbocycles. The molecule has 0 amide bonds. The Morgan fingerprint density at radius 1 is 1.44 bits per heavy atom. The number of aromatic nitrogens is 2. The van der Waals surface area contributed by atoms with Gasteiger partial charge in [0, 0.05) is 5.02 Å². The molecule has 0 aliphatic rings. The van der Waals surface area contributed by atoms with Crippen molar-refractivity contribution >= 4 is 22.9 Å². The molecule has 0 spiro atoms. The van der Waals surface area contributed by atoms with Gasteiger partial charge in [0.25, 0.3) is 0 Å². The van der Waals surface area contributed by atoms with Crippen molar-refractivity contribution in [2.75, 3.05) is 0 Å². The Bertz CT molecular complexity index is 518. The van der Waals surface area contributed by atoms with E-state index < -0.39 is 0 Å². The summed E-state index contributed by atoms with van der Waals surface area (Å²) in [5, 5.41) is 10.4. The number of nitrogens with zero attached hydrogens (tertiary/aromatic N) is 2. The van der Waals surface area contributed by atoms with E-state index in [0.29, 0.717) is 11.6 Å². The summed E-state index contributed by atoms with van der Waals surface area (Å²) in [6, 6.07) is 7.23. The van der Waals surface area contributed by atoms with Gasteiger partial charge in [-0.15, -0.1) is 10.2 Å². The Balaban J connectivity index is 1.96. The third kappa shape index (κ3) is 3.41. The summed E-state index contributed by atoms with van der Waals surface area (Å²) in [6.07, 6.45) is 0.851. The second-order valence-electron chi connectivity index (χ2n) is 3.79. The zero-order valence-corrected chi connectivity index (χ0v) is 11.5. The summed E-state index contributed by atoms with van der Waals surface area (Å²) in [7, 11) is 0.